The zero-order valence-electron chi connectivity index (χ0n) is 17.6. The van der Waals surface area contributed by atoms with Gasteiger partial charge in [-0.25, -0.2) is 17.7 Å². The fourth-order valence-corrected chi connectivity index (χ4v) is 4.03. The number of guanidine groups is 1. The predicted octanol–water partition coefficient (Wildman–Crippen LogP) is 1.33. The third kappa shape index (κ3) is 8.36. The Kier molecular flexibility index (Phi) is 12.0. The molecular weight excluding hydrogens is 505 g/mol. The standard InChI is InChI=1S/C19H33N5O3S.HI/c1-4-20-19(21-10-7-11-24-12-14-27-15-13-24)22-16-17-8-5-6-9-18(17)28(25,26)23(2)3;/h5-6,8-9H,4,7,10-16H2,1-3H3,(H2,20,21,22);1H. The second-order valence-electron chi connectivity index (χ2n) is 6.82. The van der Waals surface area contributed by atoms with Crippen molar-refractivity contribution in [2.75, 3.05) is 60.0 Å². The largest absolute Gasteiger partial charge is 0.379 e. The number of sulfonamides is 1. The maximum Gasteiger partial charge on any atom is 0.242 e. The van der Waals surface area contributed by atoms with Crippen molar-refractivity contribution in [3.05, 3.63) is 29.8 Å². The number of rotatable bonds is 9. The highest BCUT2D eigenvalue weighted by atomic mass is 127. The van der Waals surface area contributed by atoms with Crippen LogP contribution in [0.4, 0.5) is 0 Å². The normalized spacial score (nSPS) is 15.8. The van der Waals surface area contributed by atoms with Crippen LogP contribution in [0.1, 0.15) is 18.9 Å². The molecule has 166 valence electrons. The van der Waals surface area contributed by atoms with E-state index in [4.69, 9.17) is 4.74 Å². The summed E-state index contributed by atoms with van der Waals surface area (Å²) in [5, 5.41) is 6.55. The highest BCUT2D eigenvalue weighted by molar-refractivity contribution is 14.0. The number of nitrogens with one attached hydrogen (secondary N) is 2. The van der Waals surface area contributed by atoms with Crippen molar-refractivity contribution in [1.82, 2.24) is 19.8 Å². The summed E-state index contributed by atoms with van der Waals surface area (Å²) in [7, 11) is -0.419. The van der Waals surface area contributed by atoms with Gasteiger partial charge in [-0.3, -0.25) is 4.90 Å². The zero-order valence-corrected chi connectivity index (χ0v) is 20.7. The molecule has 1 aromatic rings. The average Bonchev–Trinajstić information content (AvgIpc) is 2.70. The third-order valence-corrected chi connectivity index (χ3v) is 6.45. The Balaban J connectivity index is 0.00000420. The van der Waals surface area contributed by atoms with Gasteiger partial charge >= 0.3 is 0 Å². The summed E-state index contributed by atoms with van der Waals surface area (Å²) in [4.78, 5) is 7.28. The Bertz CT molecular complexity index is 737. The second kappa shape index (κ2) is 13.4. The highest BCUT2D eigenvalue weighted by Gasteiger charge is 2.20. The number of morpholine rings is 1. The SMILES string of the molecule is CCNC(=NCc1ccccc1S(=O)(=O)N(C)C)NCCCN1CCOCC1.I. The van der Waals surface area contributed by atoms with Crippen LogP contribution in [0, 0.1) is 0 Å². The summed E-state index contributed by atoms with van der Waals surface area (Å²) in [6.07, 6.45) is 1.01. The Morgan fingerprint density at radius 2 is 1.90 bits per heavy atom. The van der Waals surface area contributed by atoms with Crippen molar-refractivity contribution in [2.24, 2.45) is 4.99 Å². The molecule has 10 heteroatoms. The molecule has 1 fully saturated rings. The topological polar surface area (TPSA) is 86.3 Å². The first-order chi connectivity index (χ1) is 13.4. The molecule has 0 amide bonds. The summed E-state index contributed by atoms with van der Waals surface area (Å²) in [5.74, 6) is 0.696. The first-order valence-electron chi connectivity index (χ1n) is 9.78. The summed E-state index contributed by atoms with van der Waals surface area (Å²) in [6.45, 7) is 8.49. The van der Waals surface area contributed by atoms with E-state index in [9.17, 15) is 8.42 Å². The number of benzene rings is 1. The van der Waals surface area contributed by atoms with E-state index < -0.39 is 10.0 Å². The Hall–Kier alpha value is -0.950. The number of nitrogens with zero attached hydrogens (tertiary/aromatic N) is 3. The lowest BCUT2D eigenvalue weighted by Gasteiger charge is -2.26. The van der Waals surface area contributed by atoms with Gasteiger partial charge in [0.1, 0.15) is 0 Å². The third-order valence-electron chi connectivity index (χ3n) is 4.53. The first kappa shape index (κ1) is 26.1. The number of hydrogen-bond acceptors (Lipinski definition) is 5. The number of hydrogen-bond donors (Lipinski definition) is 2. The molecule has 8 nitrogen and oxygen atoms in total. The van der Waals surface area contributed by atoms with E-state index in [0.717, 1.165) is 52.4 Å². The van der Waals surface area contributed by atoms with Crippen LogP contribution in [-0.2, 0) is 21.3 Å². The summed E-state index contributed by atoms with van der Waals surface area (Å²) in [5.41, 5.74) is 0.682. The van der Waals surface area contributed by atoms with Gasteiger partial charge in [0.2, 0.25) is 10.0 Å². The molecule has 2 rings (SSSR count). The molecule has 0 unspecified atom stereocenters. The van der Waals surface area contributed by atoms with E-state index in [1.54, 1.807) is 12.1 Å². The molecular formula is C19H34IN5O3S. The molecule has 2 N–H and O–H groups in total. The summed E-state index contributed by atoms with van der Waals surface area (Å²) >= 11 is 0. The quantitative estimate of drug-likeness (QED) is 0.213. The number of aliphatic imine (C=N–C) groups is 1. The maximum atomic E-state index is 12.5. The molecule has 29 heavy (non-hydrogen) atoms. The van der Waals surface area contributed by atoms with Gasteiger partial charge in [-0.05, 0) is 31.5 Å². The minimum atomic E-state index is -3.49. The molecule has 0 spiro atoms. The summed E-state index contributed by atoms with van der Waals surface area (Å²) in [6, 6.07) is 7.01. The number of halogens is 1. The van der Waals surface area contributed by atoms with Gasteiger partial charge in [-0.1, -0.05) is 18.2 Å². The Labute approximate surface area is 192 Å². The van der Waals surface area contributed by atoms with Crippen LogP contribution >= 0.6 is 24.0 Å². The fraction of sp³-hybridized carbons (Fsp3) is 0.632. The van der Waals surface area contributed by atoms with Crippen molar-refractivity contribution in [3.63, 3.8) is 0 Å². The molecule has 1 aromatic carbocycles. The lowest BCUT2D eigenvalue weighted by atomic mass is 10.2. The van der Waals surface area contributed by atoms with Gasteiger partial charge in [0.25, 0.3) is 0 Å². The van der Waals surface area contributed by atoms with Gasteiger partial charge in [0.15, 0.2) is 5.96 Å². The lowest BCUT2D eigenvalue weighted by molar-refractivity contribution is 0.0376. The van der Waals surface area contributed by atoms with Gasteiger partial charge < -0.3 is 15.4 Å². The molecule has 0 radical (unpaired) electrons. The molecule has 1 heterocycles. The van der Waals surface area contributed by atoms with Crippen molar-refractivity contribution >= 4 is 40.0 Å². The van der Waals surface area contributed by atoms with Crippen molar-refractivity contribution < 1.29 is 13.2 Å². The van der Waals surface area contributed by atoms with Gasteiger partial charge in [-0.15, -0.1) is 24.0 Å². The second-order valence-corrected chi connectivity index (χ2v) is 8.94. The molecule has 1 aliphatic heterocycles. The van der Waals surface area contributed by atoms with Crippen molar-refractivity contribution in [1.29, 1.82) is 0 Å². The van der Waals surface area contributed by atoms with Crippen LogP contribution in [0.2, 0.25) is 0 Å². The molecule has 0 saturated carbocycles. The molecule has 1 aliphatic rings. The van der Waals surface area contributed by atoms with Gasteiger partial charge in [0.05, 0.1) is 24.7 Å². The highest BCUT2D eigenvalue weighted by Crippen LogP contribution is 2.19. The predicted molar refractivity (Wildman–Crippen MR) is 127 cm³/mol. The van der Waals surface area contributed by atoms with E-state index >= 15 is 0 Å². The van der Waals surface area contributed by atoms with Crippen LogP contribution < -0.4 is 10.6 Å². The molecule has 0 atom stereocenters. The van der Waals surface area contributed by atoms with Crippen LogP contribution in [0.3, 0.4) is 0 Å². The molecule has 0 bridgehead atoms. The van der Waals surface area contributed by atoms with E-state index in [0.29, 0.717) is 23.0 Å². The van der Waals surface area contributed by atoms with E-state index in [-0.39, 0.29) is 24.0 Å². The molecule has 0 aromatic heterocycles. The first-order valence-corrected chi connectivity index (χ1v) is 11.2. The number of ether oxygens (including phenoxy) is 1. The van der Waals surface area contributed by atoms with Crippen LogP contribution in [0.5, 0.6) is 0 Å². The van der Waals surface area contributed by atoms with E-state index in [1.807, 2.05) is 19.1 Å². The van der Waals surface area contributed by atoms with Gasteiger partial charge in [0, 0.05) is 40.3 Å². The van der Waals surface area contributed by atoms with E-state index in [2.05, 4.69) is 20.5 Å². The Morgan fingerprint density at radius 1 is 1.21 bits per heavy atom. The Morgan fingerprint density at radius 3 is 2.55 bits per heavy atom. The van der Waals surface area contributed by atoms with Crippen molar-refractivity contribution in [3.8, 4) is 0 Å². The minimum Gasteiger partial charge on any atom is -0.379 e. The average molecular weight is 539 g/mol. The van der Waals surface area contributed by atoms with Gasteiger partial charge in [-0.2, -0.15) is 0 Å². The lowest BCUT2D eigenvalue weighted by Crippen LogP contribution is -2.40. The smallest absolute Gasteiger partial charge is 0.242 e. The minimum absolute atomic E-state index is 0. The fourth-order valence-electron chi connectivity index (χ4n) is 2.92. The zero-order chi connectivity index (χ0) is 20.4. The van der Waals surface area contributed by atoms with E-state index in [1.165, 1.54) is 18.4 Å². The van der Waals surface area contributed by atoms with Crippen LogP contribution in [-0.4, -0.2) is 83.6 Å². The summed E-state index contributed by atoms with van der Waals surface area (Å²) < 4.78 is 31.6. The molecule has 1 saturated heterocycles. The monoisotopic (exact) mass is 539 g/mol. The van der Waals surface area contributed by atoms with Crippen LogP contribution in [0.15, 0.2) is 34.2 Å². The van der Waals surface area contributed by atoms with Crippen molar-refractivity contribution in [2.45, 2.75) is 24.8 Å². The maximum absolute atomic E-state index is 12.5. The van der Waals surface area contributed by atoms with Crippen LogP contribution in [0.25, 0.3) is 0 Å². The molecule has 0 aliphatic carbocycles.